The predicted octanol–water partition coefficient (Wildman–Crippen LogP) is 2.59. The van der Waals surface area contributed by atoms with Gasteiger partial charge >= 0.3 is 5.97 Å². The average molecular weight is 235 g/mol. The minimum Gasteiger partial charge on any atom is -0.469 e. The highest BCUT2D eigenvalue weighted by Gasteiger charge is 2.09. The third-order valence-corrected chi connectivity index (χ3v) is 2.83. The standard InChI is InChI=1S/C14H21NO2/c1-3-4-11-5-7-12(8-6-11)13(15)9-10-14(16)17-2/h5-8,13H,3-4,9-10,15H2,1-2H3. The molecule has 0 aromatic heterocycles. The second kappa shape index (κ2) is 7.07. The fourth-order valence-corrected chi connectivity index (χ4v) is 1.76. The van der Waals surface area contributed by atoms with Gasteiger partial charge < -0.3 is 10.5 Å². The molecule has 3 heteroatoms. The van der Waals surface area contributed by atoms with E-state index in [4.69, 9.17) is 5.73 Å². The van der Waals surface area contributed by atoms with E-state index >= 15 is 0 Å². The monoisotopic (exact) mass is 235 g/mol. The SMILES string of the molecule is CCCc1ccc(C(N)CCC(=O)OC)cc1. The molecule has 1 aromatic carbocycles. The van der Waals surface area contributed by atoms with Crippen molar-refractivity contribution in [3.63, 3.8) is 0 Å². The van der Waals surface area contributed by atoms with E-state index in [0.717, 1.165) is 18.4 Å². The predicted molar refractivity (Wildman–Crippen MR) is 68.6 cm³/mol. The Morgan fingerprint density at radius 1 is 1.35 bits per heavy atom. The Balaban J connectivity index is 2.51. The Kier molecular flexibility index (Phi) is 5.70. The molecule has 0 saturated heterocycles. The van der Waals surface area contributed by atoms with Crippen LogP contribution < -0.4 is 5.73 Å². The van der Waals surface area contributed by atoms with Gasteiger partial charge in [0.1, 0.15) is 0 Å². The first-order chi connectivity index (χ1) is 8.17. The molecular formula is C14H21NO2. The first-order valence-corrected chi connectivity index (χ1v) is 6.08. The maximum atomic E-state index is 11.0. The van der Waals surface area contributed by atoms with Crippen molar-refractivity contribution in [1.82, 2.24) is 0 Å². The van der Waals surface area contributed by atoms with Gasteiger partial charge in [-0.15, -0.1) is 0 Å². The quantitative estimate of drug-likeness (QED) is 0.771. The van der Waals surface area contributed by atoms with Gasteiger partial charge in [0, 0.05) is 12.5 Å². The van der Waals surface area contributed by atoms with Gasteiger partial charge in [0.2, 0.25) is 0 Å². The molecule has 0 aliphatic heterocycles. The molecule has 3 nitrogen and oxygen atoms in total. The summed E-state index contributed by atoms with van der Waals surface area (Å²) >= 11 is 0. The molecule has 1 unspecified atom stereocenters. The summed E-state index contributed by atoms with van der Waals surface area (Å²) in [5, 5.41) is 0. The molecule has 0 aliphatic carbocycles. The molecular weight excluding hydrogens is 214 g/mol. The summed E-state index contributed by atoms with van der Waals surface area (Å²) in [6, 6.07) is 8.22. The molecule has 0 radical (unpaired) electrons. The lowest BCUT2D eigenvalue weighted by Crippen LogP contribution is -2.13. The first kappa shape index (κ1) is 13.7. The number of ether oxygens (including phenoxy) is 1. The van der Waals surface area contributed by atoms with Gasteiger partial charge in [-0.2, -0.15) is 0 Å². The van der Waals surface area contributed by atoms with Crippen molar-refractivity contribution < 1.29 is 9.53 Å². The molecule has 0 spiro atoms. The molecule has 0 heterocycles. The minimum absolute atomic E-state index is 0.0928. The minimum atomic E-state index is -0.206. The van der Waals surface area contributed by atoms with E-state index in [1.54, 1.807) is 0 Å². The number of methoxy groups -OCH3 is 1. The molecule has 0 aliphatic rings. The van der Waals surface area contributed by atoms with E-state index in [-0.39, 0.29) is 12.0 Å². The number of hydrogen-bond donors (Lipinski definition) is 1. The van der Waals surface area contributed by atoms with Crippen molar-refractivity contribution in [2.75, 3.05) is 7.11 Å². The average Bonchev–Trinajstić information content (AvgIpc) is 2.36. The number of benzene rings is 1. The van der Waals surface area contributed by atoms with Crippen LogP contribution in [0.15, 0.2) is 24.3 Å². The Labute approximate surface area is 103 Å². The summed E-state index contributed by atoms with van der Waals surface area (Å²) in [6.45, 7) is 2.16. The first-order valence-electron chi connectivity index (χ1n) is 6.08. The van der Waals surface area contributed by atoms with Crippen LogP contribution in [-0.2, 0) is 16.0 Å². The second-order valence-corrected chi connectivity index (χ2v) is 4.21. The van der Waals surface area contributed by atoms with Gasteiger partial charge in [0.25, 0.3) is 0 Å². The number of esters is 1. The number of carbonyl (C=O) groups is 1. The van der Waals surface area contributed by atoms with E-state index in [9.17, 15) is 4.79 Å². The van der Waals surface area contributed by atoms with Crippen LogP contribution in [0, 0.1) is 0 Å². The van der Waals surface area contributed by atoms with Crippen LogP contribution in [0.3, 0.4) is 0 Å². The van der Waals surface area contributed by atoms with Crippen molar-refractivity contribution in [2.24, 2.45) is 5.73 Å². The van der Waals surface area contributed by atoms with Gasteiger partial charge in [-0.3, -0.25) is 4.79 Å². The fraction of sp³-hybridized carbons (Fsp3) is 0.500. The van der Waals surface area contributed by atoms with E-state index in [2.05, 4.69) is 23.8 Å². The fourth-order valence-electron chi connectivity index (χ4n) is 1.76. The zero-order chi connectivity index (χ0) is 12.7. The van der Waals surface area contributed by atoms with Crippen LogP contribution >= 0.6 is 0 Å². The lowest BCUT2D eigenvalue weighted by molar-refractivity contribution is -0.140. The van der Waals surface area contributed by atoms with Crippen LogP contribution in [0.1, 0.15) is 43.4 Å². The zero-order valence-corrected chi connectivity index (χ0v) is 10.6. The highest BCUT2D eigenvalue weighted by molar-refractivity contribution is 5.69. The van der Waals surface area contributed by atoms with Crippen LogP contribution in [0.4, 0.5) is 0 Å². The highest BCUT2D eigenvalue weighted by atomic mass is 16.5. The zero-order valence-electron chi connectivity index (χ0n) is 10.6. The van der Waals surface area contributed by atoms with Crippen LogP contribution in [0.2, 0.25) is 0 Å². The van der Waals surface area contributed by atoms with Crippen LogP contribution in [-0.4, -0.2) is 13.1 Å². The van der Waals surface area contributed by atoms with Gasteiger partial charge in [-0.05, 0) is 24.0 Å². The summed E-state index contributed by atoms with van der Waals surface area (Å²) in [7, 11) is 1.40. The summed E-state index contributed by atoms with van der Waals surface area (Å²) in [4.78, 5) is 11.0. The molecule has 0 bridgehead atoms. The van der Waals surface area contributed by atoms with E-state index in [0.29, 0.717) is 12.8 Å². The van der Waals surface area contributed by atoms with E-state index < -0.39 is 0 Å². The van der Waals surface area contributed by atoms with Crippen molar-refractivity contribution in [3.05, 3.63) is 35.4 Å². The van der Waals surface area contributed by atoms with Crippen molar-refractivity contribution in [2.45, 2.75) is 38.6 Å². The summed E-state index contributed by atoms with van der Waals surface area (Å²) in [5.74, 6) is -0.206. The lowest BCUT2D eigenvalue weighted by atomic mass is 10.0. The number of aryl methyl sites for hydroxylation is 1. The van der Waals surface area contributed by atoms with Crippen LogP contribution in [0.25, 0.3) is 0 Å². The Hall–Kier alpha value is -1.35. The van der Waals surface area contributed by atoms with E-state index in [1.807, 2.05) is 12.1 Å². The summed E-state index contributed by atoms with van der Waals surface area (Å²) < 4.78 is 4.59. The maximum Gasteiger partial charge on any atom is 0.305 e. The second-order valence-electron chi connectivity index (χ2n) is 4.21. The smallest absolute Gasteiger partial charge is 0.305 e. The third kappa shape index (κ3) is 4.57. The largest absolute Gasteiger partial charge is 0.469 e. The van der Waals surface area contributed by atoms with Gasteiger partial charge in [-0.1, -0.05) is 37.6 Å². The topological polar surface area (TPSA) is 52.3 Å². The molecule has 1 aromatic rings. The van der Waals surface area contributed by atoms with E-state index in [1.165, 1.54) is 12.7 Å². The summed E-state index contributed by atoms with van der Waals surface area (Å²) in [6.07, 6.45) is 3.24. The lowest BCUT2D eigenvalue weighted by Gasteiger charge is -2.11. The number of nitrogens with two attached hydrogens (primary N) is 1. The molecule has 0 amide bonds. The van der Waals surface area contributed by atoms with Gasteiger partial charge in [-0.25, -0.2) is 0 Å². The maximum absolute atomic E-state index is 11.0. The Morgan fingerprint density at radius 2 is 2.00 bits per heavy atom. The number of hydrogen-bond acceptors (Lipinski definition) is 3. The molecule has 0 fully saturated rings. The highest BCUT2D eigenvalue weighted by Crippen LogP contribution is 2.17. The van der Waals surface area contributed by atoms with Crippen molar-refractivity contribution in [1.29, 1.82) is 0 Å². The normalized spacial score (nSPS) is 12.2. The number of rotatable bonds is 6. The summed E-state index contributed by atoms with van der Waals surface area (Å²) in [5.41, 5.74) is 8.42. The molecule has 0 saturated carbocycles. The molecule has 1 atom stereocenters. The van der Waals surface area contributed by atoms with Gasteiger partial charge in [0.15, 0.2) is 0 Å². The Bertz CT molecular complexity index is 346. The van der Waals surface area contributed by atoms with Gasteiger partial charge in [0.05, 0.1) is 7.11 Å². The molecule has 17 heavy (non-hydrogen) atoms. The van der Waals surface area contributed by atoms with Crippen LogP contribution in [0.5, 0.6) is 0 Å². The molecule has 2 N–H and O–H groups in total. The third-order valence-electron chi connectivity index (χ3n) is 2.83. The molecule has 94 valence electrons. The van der Waals surface area contributed by atoms with Crippen molar-refractivity contribution in [3.8, 4) is 0 Å². The molecule has 1 rings (SSSR count). The Morgan fingerprint density at radius 3 is 2.53 bits per heavy atom. The number of carbonyl (C=O) groups excluding carboxylic acids is 1. The van der Waals surface area contributed by atoms with Crippen molar-refractivity contribution >= 4 is 5.97 Å².